The second kappa shape index (κ2) is 22.5. The van der Waals surface area contributed by atoms with Gasteiger partial charge >= 0.3 is 0 Å². The maximum atomic E-state index is 13.3. The largest absolute Gasteiger partial charge is 0.494 e. The molecule has 0 unspecified atom stereocenters. The normalized spacial score (nSPS) is 11.5. The third-order valence-corrected chi connectivity index (χ3v) is 10.1. The van der Waals surface area contributed by atoms with Gasteiger partial charge in [-0.3, -0.25) is 9.59 Å². The molecule has 0 bridgehead atoms. The van der Waals surface area contributed by atoms with Crippen molar-refractivity contribution in [3.63, 3.8) is 0 Å². The second-order valence-corrected chi connectivity index (χ2v) is 15.1. The molecule has 2 N–H and O–H groups in total. The molecule has 0 aromatic heterocycles. The Bertz CT molecular complexity index is 1700. The van der Waals surface area contributed by atoms with Crippen LogP contribution < -0.4 is 20.1 Å². The van der Waals surface area contributed by atoms with Gasteiger partial charge in [-0.2, -0.15) is 0 Å². The number of hydrogen-bond donors (Lipinski definition) is 2. The number of halogens is 4. The molecular formula is C39H40Br4N4O6. The molecule has 0 aliphatic rings. The van der Waals surface area contributed by atoms with Crippen LogP contribution in [-0.2, 0) is 45.3 Å². The predicted octanol–water partition coefficient (Wildman–Crippen LogP) is 9.09. The zero-order valence-corrected chi connectivity index (χ0v) is 35.6. The average molecular weight is 980 g/mol. The van der Waals surface area contributed by atoms with Crippen LogP contribution in [-0.4, -0.2) is 50.5 Å². The highest BCUT2D eigenvalue weighted by atomic mass is 79.9. The van der Waals surface area contributed by atoms with Crippen molar-refractivity contribution in [1.82, 2.24) is 10.6 Å². The zero-order chi connectivity index (χ0) is 38.0. The van der Waals surface area contributed by atoms with Gasteiger partial charge < -0.3 is 29.8 Å². The first-order chi connectivity index (χ1) is 25.7. The second-order valence-electron chi connectivity index (χ2n) is 11.7. The van der Waals surface area contributed by atoms with Gasteiger partial charge in [-0.25, -0.2) is 0 Å². The number of unbranched alkanes of at least 4 members (excludes halogenated alkanes) is 2. The number of carbonyl (C=O) groups excluding carboxylic acids is 2. The highest BCUT2D eigenvalue weighted by molar-refractivity contribution is 9.11. The van der Waals surface area contributed by atoms with Crippen molar-refractivity contribution in [2.45, 2.75) is 45.3 Å². The van der Waals surface area contributed by atoms with Crippen LogP contribution >= 0.6 is 63.7 Å². The Balaban J connectivity index is 1.29. The molecule has 53 heavy (non-hydrogen) atoms. The number of benzene rings is 4. The van der Waals surface area contributed by atoms with E-state index in [0.29, 0.717) is 37.4 Å². The van der Waals surface area contributed by atoms with E-state index in [1.807, 2.05) is 84.9 Å². The molecule has 0 aliphatic carbocycles. The summed E-state index contributed by atoms with van der Waals surface area (Å²) in [6.07, 6.45) is 2.67. The molecule has 14 heteroatoms. The summed E-state index contributed by atoms with van der Waals surface area (Å²) >= 11 is 14.1. The highest BCUT2D eigenvalue weighted by Gasteiger charge is 2.18. The Morgan fingerprint density at radius 3 is 1.25 bits per heavy atom. The summed E-state index contributed by atoms with van der Waals surface area (Å²) in [7, 11) is 3.18. The number of oxime groups is 2. The lowest BCUT2D eigenvalue weighted by molar-refractivity contribution is -0.115. The van der Waals surface area contributed by atoms with Gasteiger partial charge in [-0.1, -0.05) is 71.0 Å². The number of hydrogen-bond acceptors (Lipinski definition) is 8. The summed E-state index contributed by atoms with van der Waals surface area (Å²) in [5.41, 5.74) is 4.07. The summed E-state index contributed by atoms with van der Waals surface area (Å²) in [6, 6.07) is 26.8. The number of rotatable bonds is 20. The Labute approximate surface area is 343 Å². The molecule has 10 nitrogen and oxygen atoms in total. The van der Waals surface area contributed by atoms with Crippen molar-refractivity contribution in [3.05, 3.63) is 125 Å². The summed E-state index contributed by atoms with van der Waals surface area (Å²) in [5, 5.41) is 14.4. The number of nitrogens with one attached hydrogen (secondary N) is 2. The van der Waals surface area contributed by atoms with Gasteiger partial charge in [-0.05, 0) is 130 Å². The zero-order valence-electron chi connectivity index (χ0n) is 29.3. The summed E-state index contributed by atoms with van der Waals surface area (Å²) in [5.74, 6) is 0.684. The fraction of sp³-hybridized carbons (Fsp3) is 0.282. The van der Waals surface area contributed by atoms with Crippen molar-refractivity contribution in [2.75, 3.05) is 27.3 Å². The Kier molecular flexibility index (Phi) is 17.8. The Hall–Kier alpha value is -3.72. The van der Waals surface area contributed by atoms with Crippen LogP contribution in [0.4, 0.5) is 0 Å². The maximum absolute atomic E-state index is 13.3. The van der Waals surface area contributed by atoms with Gasteiger partial charge in [0.1, 0.15) is 36.1 Å². The van der Waals surface area contributed by atoms with Crippen molar-refractivity contribution >= 4 is 87.0 Å². The summed E-state index contributed by atoms with van der Waals surface area (Å²) < 4.78 is 13.8. The SMILES string of the molecule is COc1c(Br)cc(C/C(=N\OCc2ccccc2)C(=O)NCCCCCNC(=O)/C(Cc2cc(Br)c(OC)c(Br)c2)=N/OCc2ccccc2)cc1Br. The quantitative estimate of drug-likeness (QED) is 0.0519. The first kappa shape index (κ1) is 42.0. The molecule has 4 aromatic rings. The van der Waals surface area contributed by atoms with Gasteiger partial charge in [0.25, 0.3) is 11.8 Å². The minimum Gasteiger partial charge on any atom is -0.494 e. The van der Waals surface area contributed by atoms with Crippen LogP contribution in [0.1, 0.15) is 41.5 Å². The number of nitrogens with zero attached hydrogens (tertiary/aromatic N) is 2. The van der Waals surface area contributed by atoms with E-state index in [2.05, 4.69) is 84.7 Å². The highest BCUT2D eigenvalue weighted by Crippen LogP contribution is 2.35. The van der Waals surface area contributed by atoms with E-state index in [0.717, 1.165) is 46.6 Å². The molecule has 0 saturated carbocycles. The fourth-order valence-electron chi connectivity index (χ4n) is 5.07. The van der Waals surface area contributed by atoms with Gasteiger partial charge in [0.2, 0.25) is 0 Å². The van der Waals surface area contributed by atoms with Gasteiger partial charge in [0.05, 0.1) is 32.1 Å². The molecule has 0 spiro atoms. The lowest BCUT2D eigenvalue weighted by Gasteiger charge is -2.12. The number of methoxy groups -OCH3 is 2. The lowest BCUT2D eigenvalue weighted by atomic mass is 10.1. The van der Waals surface area contributed by atoms with Crippen molar-refractivity contribution < 1.29 is 28.7 Å². The standard InChI is InChI=1S/C39H40Br4N4O6/c1-50-36-30(40)18-28(19-31(36)41)22-34(46-52-24-26-12-6-3-7-13-26)38(48)44-16-10-5-11-17-45-39(49)35(47-53-25-27-14-8-4-9-15-27)23-29-20-32(42)37(51-2)33(43)21-29/h3-4,6-9,12-15,18-21H,5,10-11,16-17,22-25H2,1-2H3,(H,44,48)(H,45,49)/b46-34+,47-35+. The van der Waals surface area contributed by atoms with E-state index < -0.39 is 0 Å². The van der Waals surface area contributed by atoms with Crippen LogP contribution in [0.3, 0.4) is 0 Å². The first-order valence-corrected chi connectivity index (χ1v) is 19.9. The number of ether oxygens (including phenoxy) is 2. The minimum absolute atomic E-state index is 0.236. The summed E-state index contributed by atoms with van der Waals surface area (Å²) in [6.45, 7) is 1.34. The van der Waals surface area contributed by atoms with Crippen LogP contribution in [0.5, 0.6) is 11.5 Å². The average Bonchev–Trinajstić information content (AvgIpc) is 3.14. The number of carbonyl (C=O) groups is 2. The monoisotopic (exact) mass is 976 g/mol. The summed E-state index contributed by atoms with van der Waals surface area (Å²) in [4.78, 5) is 37.7. The van der Waals surface area contributed by atoms with E-state index in [1.165, 1.54) is 0 Å². The van der Waals surface area contributed by atoms with E-state index in [1.54, 1.807) is 14.2 Å². The van der Waals surface area contributed by atoms with Crippen molar-refractivity contribution in [2.24, 2.45) is 10.3 Å². The van der Waals surface area contributed by atoms with Crippen LogP contribution in [0.15, 0.2) is 113 Å². The maximum Gasteiger partial charge on any atom is 0.269 e. The Morgan fingerprint density at radius 2 is 0.906 bits per heavy atom. The number of amides is 2. The molecule has 0 fully saturated rings. The van der Waals surface area contributed by atoms with E-state index in [-0.39, 0.29) is 49.3 Å². The predicted molar refractivity (Wildman–Crippen MR) is 221 cm³/mol. The van der Waals surface area contributed by atoms with E-state index >= 15 is 0 Å². The lowest BCUT2D eigenvalue weighted by Crippen LogP contribution is -2.34. The Morgan fingerprint density at radius 1 is 0.547 bits per heavy atom. The molecule has 4 rings (SSSR count). The molecule has 0 atom stereocenters. The van der Waals surface area contributed by atoms with Gasteiger partial charge in [0, 0.05) is 25.9 Å². The van der Waals surface area contributed by atoms with Gasteiger partial charge in [-0.15, -0.1) is 0 Å². The third-order valence-electron chi connectivity index (χ3n) is 7.71. The minimum atomic E-state index is -0.317. The van der Waals surface area contributed by atoms with E-state index in [4.69, 9.17) is 19.1 Å². The van der Waals surface area contributed by atoms with Crippen LogP contribution in [0.25, 0.3) is 0 Å². The van der Waals surface area contributed by atoms with E-state index in [9.17, 15) is 9.59 Å². The molecule has 4 aromatic carbocycles. The first-order valence-electron chi connectivity index (χ1n) is 16.7. The smallest absolute Gasteiger partial charge is 0.269 e. The molecule has 0 heterocycles. The molecule has 280 valence electrons. The molecule has 0 saturated heterocycles. The van der Waals surface area contributed by atoms with Crippen molar-refractivity contribution in [3.8, 4) is 11.5 Å². The molecular weight excluding hydrogens is 940 g/mol. The van der Waals surface area contributed by atoms with Gasteiger partial charge in [0.15, 0.2) is 0 Å². The topological polar surface area (TPSA) is 120 Å². The fourth-order valence-corrected chi connectivity index (χ4v) is 8.28. The van der Waals surface area contributed by atoms with Crippen molar-refractivity contribution in [1.29, 1.82) is 0 Å². The third kappa shape index (κ3) is 13.9. The van der Waals surface area contributed by atoms with Crippen LogP contribution in [0, 0.1) is 0 Å². The molecule has 2 amide bonds. The van der Waals surface area contributed by atoms with Crippen LogP contribution in [0.2, 0.25) is 0 Å². The molecule has 0 aliphatic heterocycles. The molecule has 0 radical (unpaired) electrons.